The number of rotatable bonds is 3. The maximum absolute atomic E-state index is 10.9. The van der Waals surface area contributed by atoms with Crippen molar-refractivity contribution in [2.24, 2.45) is 0 Å². The van der Waals surface area contributed by atoms with Gasteiger partial charge >= 0.3 is 0 Å². The Labute approximate surface area is 111 Å². The summed E-state index contributed by atoms with van der Waals surface area (Å²) in [5.41, 5.74) is 2.90. The summed E-state index contributed by atoms with van der Waals surface area (Å²) in [6.07, 6.45) is 2.43. The zero-order valence-corrected chi connectivity index (χ0v) is 11.5. The van der Waals surface area contributed by atoms with Gasteiger partial charge in [0.15, 0.2) is 0 Å². The van der Waals surface area contributed by atoms with Gasteiger partial charge < -0.3 is 5.32 Å². The van der Waals surface area contributed by atoms with Gasteiger partial charge in [-0.3, -0.25) is 10.1 Å². The number of nitro groups is 1. The van der Waals surface area contributed by atoms with E-state index < -0.39 is 0 Å². The Morgan fingerprint density at radius 2 is 2.17 bits per heavy atom. The van der Waals surface area contributed by atoms with Crippen molar-refractivity contribution in [1.82, 2.24) is 0 Å². The van der Waals surface area contributed by atoms with Gasteiger partial charge in [-0.05, 0) is 44.1 Å². The highest BCUT2D eigenvalue weighted by Gasteiger charge is 2.17. The van der Waals surface area contributed by atoms with Gasteiger partial charge in [-0.2, -0.15) is 11.8 Å². The van der Waals surface area contributed by atoms with E-state index in [0.29, 0.717) is 6.04 Å². The van der Waals surface area contributed by atoms with E-state index in [-0.39, 0.29) is 10.6 Å². The first-order chi connectivity index (χ1) is 8.58. The van der Waals surface area contributed by atoms with Gasteiger partial charge in [0.05, 0.1) is 4.92 Å². The van der Waals surface area contributed by atoms with E-state index in [1.807, 2.05) is 24.8 Å². The number of aryl methyl sites for hydroxylation is 2. The van der Waals surface area contributed by atoms with Crippen molar-refractivity contribution < 1.29 is 4.92 Å². The molecule has 1 heterocycles. The van der Waals surface area contributed by atoms with Gasteiger partial charge in [-0.1, -0.05) is 0 Å². The van der Waals surface area contributed by atoms with E-state index in [1.54, 1.807) is 13.0 Å². The van der Waals surface area contributed by atoms with Crippen molar-refractivity contribution in [2.45, 2.75) is 32.7 Å². The molecule has 1 N–H and O–H groups in total. The highest BCUT2D eigenvalue weighted by atomic mass is 32.2. The molecule has 2 rings (SSSR count). The van der Waals surface area contributed by atoms with Crippen LogP contribution in [0.1, 0.15) is 24.0 Å². The Morgan fingerprint density at radius 3 is 2.78 bits per heavy atom. The lowest BCUT2D eigenvalue weighted by Crippen LogP contribution is -2.26. The topological polar surface area (TPSA) is 55.2 Å². The van der Waals surface area contributed by atoms with Crippen molar-refractivity contribution in [3.05, 3.63) is 33.4 Å². The third kappa shape index (κ3) is 2.96. The summed E-state index contributed by atoms with van der Waals surface area (Å²) in [4.78, 5) is 10.5. The van der Waals surface area contributed by atoms with Crippen LogP contribution in [0.3, 0.4) is 0 Å². The molecule has 0 saturated carbocycles. The number of nitrogens with one attached hydrogen (secondary N) is 1. The van der Waals surface area contributed by atoms with Crippen LogP contribution >= 0.6 is 11.8 Å². The van der Waals surface area contributed by atoms with Gasteiger partial charge in [0.25, 0.3) is 5.69 Å². The minimum Gasteiger partial charge on any atom is -0.381 e. The Bertz CT molecular complexity index is 457. The molecular formula is C13H18N2O2S. The number of anilines is 1. The molecule has 1 aromatic carbocycles. The average molecular weight is 266 g/mol. The Hall–Kier alpha value is -1.23. The molecule has 1 fully saturated rings. The van der Waals surface area contributed by atoms with Crippen LogP contribution in [0, 0.1) is 24.0 Å². The van der Waals surface area contributed by atoms with Crippen LogP contribution in [0.25, 0.3) is 0 Å². The van der Waals surface area contributed by atoms with Crippen LogP contribution in [-0.4, -0.2) is 22.5 Å². The molecule has 1 atom stereocenters. The summed E-state index contributed by atoms with van der Waals surface area (Å²) in [6, 6.07) is 4.05. The molecule has 98 valence electrons. The highest BCUT2D eigenvalue weighted by molar-refractivity contribution is 7.99. The molecule has 1 unspecified atom stereocenters. The molecule has 1 aliphatic rings. The maximum Gasteiger partial charge on any atom is 0.272 e. The summed E-state index contributed by atoms with van der Waals surface area (Å²) in [6.45, 7) is 3.71. The molecule has 0 aromatic heterocycles. The van der Waals surface area contributed by atoms with E-state index in [9.17, 15) is 10.1 Å². The fourth-order valence-corrected chi connectivity index (χ4v) is 3.30. The number of nitro benzene ring substituents is 1. The first kappa shape index (κ1) is 13.2. The normalized spacial score (nSPS) is 19.6. The van der Waals surface area contributed by atoms with Gasteiger partial charge in [0, 0.05) is 29.1 Å². The summed E-state index contributed by atoms with van der Waals surface area (Å²) in [7, 11) is 0. The van der Waals surface area contributed by atoms with E-state index in [2.05, 4.69) is 5.32 Å². The van der Waals surface area contributed by atoms with E-state index in [0.717, 1.165) is 22.6 Å². The summed E-state index contributed by atoms with van der Waals surface area (Å²) in [5.74, 6) is 2.37. The summed E-state index contributed by atoms with van der Waals surface area (Å²) in [5, 5.41) is 14.4. The smallest absolute Gasteiger partial charge is 0.272 e. The lowest BCUT2D eigenvalue weighted by atomic mass is 10.1. The predicted molar refractivity (Wildman–Crippen MR) is 76.5 cm³/mol. The van der Waals surface area contributed by atoms with Crippen molar-refractivity contribution >= 4 is 23.1 Å². The molecule has 1 aliphatic heterocycles. The molecule has 0 amide bonds. The standard InChI is InChI=1S/C13H18N2O2S/c1-9-7-13(15(16)17)10(2)6-12(9)14-11-4-3-5-18-8-11/h6-7,11,14H,3-5,8H2,1-2H3. The minimum absolute atomic E-state index is 0.205. The van der Waals surface area contributed by atoms with Crippen LogP contribution in [0.5, 0.6) is 0 Å². The van der Waals surface area contributed by atoms with Crippen LogP contribution in [-0.2, 0) is 0 Å². The number of hydrogen-bond donors (Lipinski definition) is 1. The first-order valence-electron chi connectivity index (χ1n) is 6.18. The van der Waals surface area contributed by atoms with Gasteiger partial charge in [-0.15, -0.1) is 0 Å². The van der Waals surface area contributed by atoms with E-state index >= 15 is 0 Å². The van der Waals surface area contributed by atoms with Gasteiger partial charge in [0.2, 0.25) is 0 Å². The number of thioether (sulfide) groups is 1. The fourth-order valence-electron chi connectivity index (χ4n) is 2.23. The molecular weight excluding hydrogens is 248 g/mol. The van der Waals surface area contributed by atoms with Gasteiger partial charge in [0.1, 0.15) is 0 Å². The van der Waals surface area contributed by atoms with Crippen molar-refractivity contribution in [1.29, 1.82) is 0 Å². The number of benzene rings is 1. The zero-order valence-electron chi connectivity index (χ0n) is 10.7. The molecule has 0 bridgehead atoms. The second-order valence-corrected chi connectivity index (χ2v) is 5.92. The second-order valence-electron chi connectivity index (χ2n) is 4.77. The SMILES string of the molecule is Cc1cc([N+](=O)[O-])c(C)cc1NC1CCCSC1. The van der Waals surface area contributed by atoms with E-state index in [1.165, 1.54) is 18.6 Å². The lowest BCUT2D eigenvalue weighted by molar-refractivity contribution is -0.385. The van der Waals surface area contributed by atoms with E-state index in [4.69, 9.17) is 0 Å². The second kappa shape index (κ2) is 5.61. The van der Waals surface area contributed by atoms with Gasteiger partial charge in [-0.25, -0.2) is 0 Å². The summed E-state index contributed by atoms with van der Waals surface area (Å²) < 4.78 is 0. The molecule has 0 spiro atoms. The molecule has 5 heteroatoms. The van der Waals surface area contributed by atoms with Crippen LogP contribution in [0.4, 0.5) is 11.4 Å². The third-order valence-corrected chi connectivity index (χ3v) is 4.47. The lowest BCUT2D eigenvalue weighted by Gasteiger charge is -2.24. The van der Waals surface area contributed by atoms with Crippen molar-refractivity contribution in [3.63, 3.8) is 0 Å². The maximum atomic E-state index is 10.9. The quantitative estimate of drug-likeness (QED) is 0.672. The first-order valence-corrected chi connectivity index (χ1v) is 7.33. The highest BCUT2D eigenvalue weighted by Crippen LogP contribution is 2.28. The third-order valence-electron chi connectivity index (χ3n) is 3.26. The average Bonchev–Trinajstić information content (AvgIpc) is 2.34. The molecule has 1 saturated heterocycles. The minimum atomic E-state index is -0.317. The molecule has 4 nitrogen and oxygen atoms in total. The zero-order chi connectivity index (χ0) is 13.1. The van der Waals surface area contributed by atoms with Crippen LogP contribution < -0.4 is 5.32 Å². The molecule has 1 aromatic rings. The van der Waals surface area contributed by atoms with Crippen molar-refractivity contribution in [3.8, 4) is 0 Å². The molecule has 0 aliphatic carbocycles. The van der Waals surface area contributed by atoms with Crippen LogP contribution in [0.15, 0.2) is 12.1 Å². The Balaban J connectivity index is 2.18. The van der Waals surface area contributed by atoms with Crippen LogP contribution in [0.2, 0.25) is 0 Å². The monoisotopic (exact) mass is 266 g/mol. The number of nitrogens with zero attached hydrogens (tertiary/aromatic N) is 1. The summed E-state index contributed by atoms with van der Waals surface area (Å²) >= 11 is 1.97. The van der Waals surface area contributed by atoms with Crippen molar-refractivity contribution in [2.75, 3.05) is 16.8 Å². The number of hydrogen-bond acceptors (Lipinski definition) is 4. The molecule has 0 radical (unpaired) electrons. The predicted octanol–water partition coefficient (Wildman–Crippen LogP) is 3.52. The Morgan fingerprint density at radius 1 is 1.39 bits per heavy atom. The largest absolute Gasteiger partial charge is 0.381 e. The fraction of sp³-hybridized carbons (Fsp3) is 0.538. The Kier molecular flexibility index (Phi) is 4.11. The molecule has 18 heavy (non-hydrogen) atoms.